The topological polar surface area (TPSA) is 53.2 Å². The van der Waals surface area contributed by atoms with Crippen molar-refractivity contribution < 1.29 is 14.2 Å². The predicted molar refractivity (Wildman–Crippen MR) is 81.0 cm³/mol. The summed E-state index contributed by atoms with van der Waals surface area (Å²) < 4.78 is 19.7. The molecule has 1 aliphatic rings. The second kappa shape index (κ2) is 5.68. The molecule has 0 saturated heterocycles. The summed E-state index contributed by atoms with van der Waals surface area (Å²) in [5.41, 5.74) is 0.979. The minimum atomic E-state index is -0.551. The van der Waals surface area contributed by atoms with Crippen LogP contribution in [-0.2, 0) is 0 Å². The molecule has 21 heavy (non-hydrogen) atoms. The van der Waals surface area contributed by atoms with E-state index in [1.807, 2.05) is 12.1 Å². The Morgan fingerprint density at radius 3 is 2.95 bits per heavy atom. The summed E-state index contributed by atoms with van der Waals surface area (Å²) in [6.07, 6.45) is -0.551. The minimum Gasteiger partial charge on any atom is -0.456 e. The van der Waals surface area contributed by atoms with Gasteiger partial charge in [-0.05, 0) is 40.2 Å². The van der Waals surface area contributed by atoms with Gasteiger partial charge in [0.15, 0.2) is 0 Å². The molecule has 1 N–H and O–H groups in total. The third-order valence-electron chi connectivity index (χ3n) is 3.06. The molecule has 0 amide bonds. The standard InChI is InChI=1S/C15H9BrFNO2S/c16-15-12(1-2-13-14(15)11(19)7-21-13)20-10-4-8(6-18)3-9(17)5-10/h1-5,11,19H,7H2. The number of halogens is 2. The molecule has 1 unspecified atom stereocenters. The molecule has 106 valence electrons. The number of rotatable bonds is 2. The average Bonchev–Trinajstić information content (AvgIpc) is 2.83. The lowest BCUT2D eigenvalue weighted by Crippen LogP contribution is -1.97. The Balaban J connectivity index is 1.98. The highest BCUT2D eigenvalue weighted by molar-refractivity contribution is 9.10. The Bertz CT molecular complexity index is 760. The maximum absolute atomic E-state index is 13.4. The molecule has 2 aromatic rings. The van der Waals surface area contributed by atoms with Crippen LogP contribution >= 0.6 is 27.7 Å². The lowest BCUT2D eigenvalue weighted by molar-refractivity contribution is 0.204. The number of aliphatic hydroxyl groups excluding tert-OH is 1. The SMILES string of the molecule is N#Cc1cc(F)cc(Oc2ccc3c(c2Br)C(O)CS3)c1. The molecule has 3 nitrogen and oxygen atoms in total. The fraction of sp³-hybridized carbons (Fsp3) is 0.133. The second-order valence-corrected chi connectivity index (χ2v) is 6.36. The third kappa shape index (κ3) is 2.77. The zero-order chi connectivity index (χ0) is 15.0. The maximum atomic E-state index is 13.4. The van der Waals surface area contributed by atoms with Crippen molar-refractivity contribution in [2.45, 2.75) is 11.0 Å². The molecular weight excluding hydrogens is 357 g/mol. The lowest BCUT2D eigenvalue weighted by Gasteiger charge is -2.12. The van der Waals surface area contributed by atoms with Gasteiger partial charge in [0.1, 0.15) is 17.3 Å². The van der Waals surface area contributed by atoms with E-state index in [0.29, 0.717) is 16.0 Å². The number of nitrogens with zero attached hydrogens (tertiary/aromatic N) is 1. The lowest BCUT2D eigenvalue weighted by atomic mass is 10.1. The van der Waals surface area contributed by atoms with Gasteiger partial charge in [-0.1, -0.05) is 0 Å². The van der Waals surface area contributed by atoms with E-state index in [0.717, 1.165) is 16.5 Å². The summed E-state index contributed by atoms with van der Waals surface area (Å²) in [5.74, 6) is 0.796. The van der Waals surface area contributed by atoms with E-state index in [1.54, 1.807) is 17.8 Å². The van der Waals surface area contributed by atoms with Crippen LogP contribution in [0.4, 0.5) is 4.39 Å². The van der Waals surface area contributed by atoms with E-state index in [1.165, 1.54) is 12.1 Å². The van der Waals surface area contributed by atoms with Gasteiger partial charge in [-0.15, -0.1) is 11.8 Å². The van der Waals surface area contributed by atoms with Crippen LogP contribution < -0.4 is 4.74 Å². The van der Waals surface area contributed by atoms with Crippen molar-refractivity contribution in [2.75, 3.05) is 5.75 Å². The molecule has 3 rings (SSSR count). The summed E-state index contributed by atoms with van der Waals surface area (Å²) in [5, 5.41) is 18.8. The van der Waals surface area contributed by atoms with E-state index < -0.39 is 11.9 Å². The summed E-state index contributed by atoms with van der Waals surface area (Å²) in [4.78, 5) is 0.999. The number of nitriles is 1. The molecule has 0 radical (unpaired) electrons. The van der Waals surface area contributed by atoms with E-state index in [-0.39, 0.29) is 11.3 Å². The first kappa shape index (κ1) is 14.4. The molecule has 1 atom stereocenters. The first-order valence-corrected chi connectivity index (χ1v) is 7.88. The van der Waals surface area contributed by atoms with E-state index in [2.05, 4.69) is 15.9 Å². The quantitative estimate of drug-likeness (QED) is 0.857. The highest BCUT2D eigenvalue weighted by atomic mass is 79.9. The van der Waals surface area contributed by atoms with Crippen molar-refractivity contribution in [1.29, 1.82) is 5.26 Å². The molecule has 0 spiro atoms. The van der Waals surface area contributed by atoms with Crippen LogP contribution in [0.25, 0.3) is 0 Å². The van der Waals surface area contributed by atoms with E-state index in [9.17, 15) is 9.50 Å². The normalized spacial score (nSPS) is 16.4. The number of thioether (sulfide) groups is 1. The van der Waals surface area contributed by atoms with Crippen LogP contribution in [-0.4, -0.2) is 10.9 Å². The highest BCUT2D eigenvalue weighted by Gasteiger charge is 2.25. The number of benzene rings is 2. The number of aliphatic hydroxyl groups is 1. The molecule has 1 aliphatic heterocycles. The Morgan fingerprint density at radius 1 is 1.38 bits per heavy atom. The smallest absolute Gasteiger partial charge is 0.142 e. The first-order valence-electron chi connectivity index (χ1n) is 6.10. The van der Waals surface area contributed by atoms with Gasteiger partial charge in [-0.25, -0.2) is 4.39 Å². The zero-order valence-corrected chi connectivity index (χ0v) is 13.0. The summed E-state index contributed by atoms with van der Waals surface area (Å²) in [6, 6.07) is 9.32. The number of fused-ring (bicyclic) bond motifs is 1. The number of hydrogen-bond acceptors (Lipinski definition) is 4. The molecule has 6 heteroatoms. The van der Waals surface area contributed by atoms with E-state index >= 15 is 0 Å². The fourth-order valence-corrected chi connectivity index (χ4v) is 4.02. The number of hydrogen-bond donors (Lipinski definition) is 1. The van der Waals surface area contributed by atoms with Crippen LogP contribution in [0.2, 0.25) is 0 Å². The van der Waals surface area contributed by atoms with Gasteiger partial charge in [-0.2, -0.15) is 5.26 Å². The van der Waals surface area contributed by atoms with Crippen molar-refractivity contribution in [2.24, 2.45) is 0 Å². The van der Waals surface area contributed by atoms with Gasteiger partial charge >= 0.3 is 0 Å². The van der Waals surface area contributed by atoms with Gasteiger partial charge in [0.2, 0.25) is 0 Å². The molecule has 0 saturated carbocycles. The van der Waals surface area contributed by atoms with Crippen molar-refractivity contribution in [3.8, 4) is 17.6 Å². The molecule has 0 bridgehead atoms. The van der Waals surface area contributed by atoms with Crippen molar-refractivity contribution in [1.82, 2.24) is 0 Å². The van der Waals surface area contributed by atoms with Gasteiger partial charge in [0, 0.05) is 22.3 Å². The van der Waals surface area contributed by atoms with E-state index in [4.69, 9.17) is 10.00 Å². The summed E-state index contributed by atoms with van der Waals surface area (Å²) >= 11 is 5.00. The molecule has 0 aromatic heterocycles. The Labute approximate surface area is 133 Å². The molecular formula is C15H9BrFNO2S. The van der Waals surface area contributed by atoms with Gasteiger partial charge in [0.25, 0.3) is 0 Å². The van der Waals surface area contributed by atoms with Crippen molar-refractivity contribution >= 4 is 27.7 Å². The Hall–Kier alpha value is -1.55. The van der Waals surface area contributed by atoms with Gasteiger partial charge in [-0.3, -0.25) is 0 Å². The largest absolute Gasteiger partial charge is 0.456 e. The van der Waals surface area contributed by atoms with Crippen molar-refractivity contribution in [3.63, 3.8) is 0 Å². The first-order chi connectivity index (χ1) is 10.1. The second-order valence-electron chi connectivity index (χ2n) is 4.51. The van der Waals surface area contributed by atoms with Crippen LogP contribution in [0, 0.1) is 17.1 Å². The molecule has 0 fully saturated rings. The fourth-order valence-electron chi connectivity index (χ4n) is 2.14. The van der Waals surface area contributed by atoms with Crippen LogP contribution in [0.15, 0.2) is 39.7 Å². The van der Waals surface area contributed by atoms with Gasteiger partial charge in [0.05, 0.1) is 22.2 Å². The Morgan fingerprint density at radius 2 is 2.19 bits per heavy atom. The number of ether oxygens (including phenoxy) is 1. The molecule has 0 aliphatic carbocycles. The highest BCUT2D eigenvalue weighted by Crippen LogP contribution is 2.46. The minimum absolute atomic E-state index is 0.192. The van der Waals surface area contributed by atoms with Crippen LogP contribution in [0.1, 0.15) is 17.2 Å². The zero-order valence-electron chi connectivity index (χ0n) is 10.6. The maximum Gasteiger partial charge on any atom is 0.142 e. The molecule has 1 heterocycles. The Kier molecular flexibility index (Phi) is 3.89. The van der Waals surface area contributed by atoms with Crippen molar-refractivity contribution in [3.05, 3.63) is 51.7 Å². The molecule has 2 aromatic carbocycles. The van der Waals surface area contributed by atoms with Crippen LogP contribution in [0.3, 0.4) is 0 Å². The third-order valence-corrected chi connectivity index (χ3v) is 5.03. The predicted octanol–water partition coefficient (Wildman–Crippen LogP) is 4.39. The average molecular weight is 366 g/mol. The monoisotopic (exact) mass is 365 g/mol. The summed E-state index contributed by atoms with van der Waals surface area (Å²) in [7, 11) is 0. The summed E-state index contributed by atoms with van der Waals surface area (Å²) in [6.45, 7) is 0. The van der Waals surface area contributed by atoms with Gasteiger partial charge < -0.3 is 9.84 Å². The van der Waals surface area contributed by atoms with Crippen LogP contribution in [0.5, 0.6) is 11.5 Å².